The summed E-state index contributed by atoms with van der Waals surface area (Å²) in [5.74, 6) is 0.0390. The first-order valence-electron chi connectivity index (χ1n) is 5.16. The molecule has 0 aliphatic heterocycles. The lowest BCUT2D eigenvalue weighted by molar-refractivity contribution is -0.383. The molecule has 0 atom stereocenters. The van der Waals surface area contributed by atoms with Crippen molar-refractivity contribution in [1.82, 2.24) is 9.97 Å². The summed E-state index contributed by atoms with van der Waals surface area (Å²) < 4.78 is 5.12. The van der Waals surface area contributed by atoms with Gasteiger partial charge in [0.2, 0.25) is 11.6 Å². The van der Waals surface area contributed by atoms with Crippen molar-refractivity contribution in [3.05, 3.63) is 16.4 Å². The van der Waals surface area contributed by atoms with Crippen LogP contribution in [0.3, 0.4) is 0 Å². The minimum Gasteiger partial charge on any atom is -0.381 e. The molecule has 17 heavy (non-hydrogen) atoms. The van der Waals surface area contributed by atoms with Crippen molar-refractivity contribution >= 4 is 17.3 Å². The van der Waals surface area contributed by atoms with E-state index in [0.29, 0.717) is 0 Å². The minimum absolute atomic E-state index is 0.130. The quantitative estimate of drug-likeness (QED) is 0.582. The van der Waals surface area contributed by atoms with Crippen LogP contribution in [0.15, 0.2) is 6.33 Å². The molecule has 1 aromatic rings. The molecule has 8 heteroatoms. The minimum atomic E-state index is -0.579. The van der Waals surface area contributed by atoms with Crippen molar-refractivity contribution in [3.8, 4) is 0 Å². The van der Waals surface area contributed by atoms with Gasteiger partial charge in [0.1, 0.15) is 6.33 Å². The van der Waals surface area contributed by atoms with E-state index in [-0.39, 0.29) is 29.5 Å². The lowest BCUT2D eigenvalue weighted by Crippen LogP contribution is -2.40. The van der Waals surface area contributed by atoms with Crippen LogP contribution in [0.4, 0.5) is 17.3 Å². The molecule has 1 heterocycles. The molecule has 0 amide bonds. The van der Waals surface area contributed by atoms with Crippen LogP contribution in [0.5, 0.6) is 0 Å². The summed E-state index contributed by atoms with van der Waals surface area (Å²) in [6, 6.07) is 0.132. The highest BCUT2D eigenvalue weighted by molar-refractivity contribution is 5.67. The van der Waals surface area contributed by atoms with Gasteiger partial charge in [-0.3, -0.25) is 10.1 Å². The molecule has 3 N–H and O–H groups in total. The number of nitrogens with zero attached hydrogens (tertiary/aromatic N) is 3. The van der Waals surface area contributed by atoms with E-state index in [2.05, 4.69) is 15.3 Å². The Morgan fingerprint density at radius 2 is 2.29 bits per heavy atom. The first kappa shape index (κ1) is 11.5. The van der Waals surface area contributed by atoms with Gasteiger partial charge in [-0.05, 0) is 12.8 Å². The number of nitrogens with two attached hydrogens (primary N) is 1. The highest BCUT2D eigenvalue weighted by atomic mass is 16.6. The van der Waals surface area contributed by atoms with E-state index in [0.717, 1.165) is 12.8 Å². The summed E-state index contributed by atoms with van der Waals surface area (Å²) >= 11 is 0. The summed E-state index contributed by atoms with van der Waals surface area (Å²) in [5, 5.41) is 13.8. The van der Waals surface area contributed by atoms with Gasteiger partial charge in [0.05, 0.1) is 11.0 Å². The van der Waals surface area contributed by atoms with Crippen molar-refractivity contribution in [2.45, 2.75) is 25.0 Å². The Balaban J connectivity index is 2.11. The first-order chi connectivity index (χ1) is 8.11. The van der Waals surface area contributed by atoms with E-state index in [1.54, 1.807) is 7.11 Å². The van der Waals surface area contributed by atoms with E-state index in [4.69, 9.17) is 10.5 Å². The first-order valence-corrected chi connectivity index (χ1v) is 5.16. The molecule has 0 bridgehead atoms. The van der Waals surface area contributed by atoms with Crippen molar-refractivity contribution < 1.29 is 9.66 Å². The molecule has 0 aromatic carbocycles. The third kappa shape index (κ3) is 2.26. The zero-order valence-corrected chi connectivity index (χ0v) is 9.29. The largest absolute Gasteiger partial charge is 0.381 e. The Kier molecular flexibility index (Phi) is 3.05. The van der Waals surface area contributed by atoms with E-state index < -0.39 is 4.92 Å². The molecule has 0 radical (unpaired) electrons. The van der Waals surface area contributed by atoms with E-state index in [1.807, 2.05) is 0 Å². The summed E-state index contributed by atoms with van der Waals surface area (Å²) in [6.45, 7) is 0. The normalized spacial score (nSPS) is 22.9. The topological polar surface area (TPSA) is 116 Å². The Morgan fingerprint density at radius 3 is 2.88 bits per heavy atom. The molecule has 2 rings (SSSR count). The van der Waals surface area contributed by atoms with Crippen molar-refractivity contribution in [2.75, 3.05) is 18.2 Å². The molecular weight excluding hydrogens is 226 g/mol. The monoisotopic (exact) mass is 239 g/mol. The predicted octanol–water partition coefficient (Wildman–Crippen LogP) is 0.556. The number of nitrogen functional groups attached to an aromatic ring is 1. The average molecular weight is 239 g/mol. The van der Waals surface area contributed by atoms with Crippen LogP contribution in [-0.2, 0) is 4.74 Å². The lowest BCUT2D eigenvalue weighted by Gasteiger charge is -2.34. The van der Waals surface area contributed by atoms with Crippen LogP contribution in [0.2, 0.25) is 0 Å². The van der Waals surface area contributed by atoms with Crippen LogP contribution in [0, 0.1) is 10.1 Å². The third-order valence-corrected chi connectivity index (χ3v) is 2.80. The number of anilines is 2. The molecule has 1 aromatic heterocycles. The zero-order valence-electron chi connectivity index (χ0n) is 9.29. The molecule has 92 valence electrons. The molecule has 1 aliphatic rings. The van der Waals surface area contributed by atoms with E-state index >= 15 is 0 Å². The van der Waals surface area contributed by atoms with Gasteiger partial charge in [0.15, 0.2) is 0 Å². The van der Waals surface area contributed by atoms with Gasteiger partial charge in [0.25, 0.3) is 0 Å². The smallest absolute Gasteiger partial charge is 0.352 e. The fourth-order valence-electron chi connectivity index (χ4n) is 1.75. The van der Waals surface area contributed by atoms with Gasteiger partial charge in [-0.1, -0.05) is 0 Å². The second-order valence-electron chi connectivity index (χ2n) is 3.88. The number of nitro groups is 1. The maximum Gasteiger partial charge on any atom is 0.352 e. The lowest BCUT2D eigenvalue weighted by atomic mass is 9.89. The molecule has 1 fully saturated rings. The zero-order chi connectivity index (χ0) is 12.4. The fraction of sp³-hybridized carbons (Fsp3) is 0.556. The van der Waals surface area contributed by atoms with Crippen molar-refractivity contribution in [3.63, 3.8) is 0 Å². The van der Waals surface area contributed by atoms with Crippen LogP contribution in [-0.4, -0.2) is 34.1 Å². The Bertz CT molecular complexity index is 433. The maximum atomic E-state index is 10.8. The molecule has 0 spiro atoms. The average Bonchev–Trinajstić information content (AvgIpc) is 2.22. The van der Waals surface area contributed by atoms with Gasteiger partial charge >= 0.3 is 5.69 Å². The maximum absolute atomic E-state index is 10.8. The summed E-state index contributed by atoms with van der Waals surface area (Å²) in [5.41, 5.74) is 5.18. The van der Waals surface area contributed by atoms with Crippen LogP contribution < -0.4 is 11.1 Å². The van der Waals surface area contributed by atoms with Crippen molar-refractivity contribution in [2.24, 2.45) is 0 Å². The van der Waals surface area contributed by atoms with Gasteiger partial charge in [-0.2, -0.15) is 0 Å². The number of rotatable bonds is 4. The number of nitrogens with one attached hydrogen (secondary N) is 1. The highest BCUT2D eigenvalue weighted by Crippen LogP contribution is 2.31. The van der Waals surface area contributed by atoms with E-state index in [9.17, 15) is 10.1 Å². The number of methoxy groups -OCH3 is 1. The summed E-state index contributed by atoms with van der Waals surface area (Å²) in [6.07, 6.45) is 3.03. The molecule has 0 saturated heterocycles. The fourth-order valence-corrected chi connectivity index (χ4v) is 1.75. The van der Waals surface area contributed by atoms with Gasteiger partial charge in [-0.25, -0.2) is 9.97 Å². The number of aromatic nitrogens is 2. The second-order valence-corrected chi connectivity index (χ2v) is 3.88. The SMILES string of the molecule is COC1CC(Nc2ncnc(N)c2[N+](=O)[O-])C1. The predicted molar refractivity (Wildman–Crippen MR) is 60.5 cm³/mol. The van der Waals surface area contributed by atoms with Crippen LogP contribution in [0.25, 0.3) is 0 Å². The molecular formula is C9H13N5O3. The molecule has 1 aliphatic carbocycles. The standard InChI is InChI=1S/C9H13N5O3/c1-17-6-2-5(3-6)13-9-7(14(15)16)8(10)11-4-12-9/h4-6H,2-3H2,1H3,(H3,10,11,12,13). The number of hydrogen-bond acceptors (Lipinski definition) is 7. The van der Waals surface area contributed by atoms with Gasteiger partial charge < -0.3 is 15.8 Å². The van der Waals surface area contributed by atoms with Gasteiger partial charge in [0, 0.05) is 13.2 Å². The Labute approximate surface area is 97.3 Å². The number of ether oxygens (including phenoxy) is 1. The van der Waals surface area contributed by atoms with E-state index in [1.165, 1.54) is 6.33 Å². The second kappa shape index (κ2) is 4.50. The molecule has 1 saturated carbocycles. The van der Waals surface area contributed by atoms with Crippen LogP contribution >= 0.6 is 0 Å². The Hall–Kier alpha value is -1.96. The summed E-state index contributed by atoms with van der Waals surface area (Å²) in [4.78, 5) is 17.7. The van der Waals surface area contributed by atoms with Gasteiger partial charge in [-0.15, -0.1) is 0 Å². The van der Waals surface area contributed by atoms with Crippen molar-refractivity contribution in [1.29, 1.82) is 0 Å². The van der Waals surface area contributed by atoms with Crippen LogP contribution in [0.1, 0.15) is 12.8 Å². The molecule has 8 nitrogen and oxygen atoms in total. The Morgan fingerprint density at radius 1 is 1.59 bits per heavy atom. The number of hydrogen-bond donors (Lipinski definition) is 2. The summed E-state index contributed by atoms with van der Waals surface area (Å²) in [7, 11) is 1.64. The third-order valence-electron chi connectivity index (χ3n) is 2.80. The molecule has 0 unspecified atom stereocenters. The highest BCUT2D eigenvalue weighted by Gasteiger charge is 2.31.